The van der Waals surface area contributed by atoms with Gasteiger partial charge in [-0.25, -0.2) is 4.79 Å². The lowest BCUT2D eigenvalue weighted by molar-refractivity contribution is 0.0702. The molecule has 2 nitrogen and oxygen atoms in total. The van der Waals surface area contributed by atoms with Crippen molar-refractivity contribution in [1.29, 1.82) is 0 Å². The summed E-state index contributed by atoms with van der Waals surface area (Å²) in [6.07, 6.45) is 5.06. The first-order valence-corrected chi connectivity index (χ1v) is 5.44. The second kappa shape index (κ2) is 3.50. The average molecular weight is 196 g/mol. The monoisotopic (exact) mass is 196 g/mol. The highest BCUT2D eigenvalue weighted by atomic mass is 32.1. The number of aromatic carboxylic acids is 1. The minimum Gasteiger partial charge on any atom is -0.477 e. The fraction of sp³-hybridized carbons (Fsp3) is 0.500. The van der Waals surface area contributed by atoms with E-state index < -0.39 is 5.97 Å². The van der Waals surface area contributed by atoms with Gasteiger partial charge in [-0.05, 0) is 29.3 Å². The molecule has 0 aromatic carbocycles. The molecule has 1 aromatic heterocycles. The van der Waals surface area contributed by atoms with E-state index in [0.717, 1.165) is 12.3 Å². The van der Waals surface area contributed by atoms with Crippen molar-refractivity contribution < 1.29 is 9.90 Å². The van der Waals surface area contributed by atoms with Crippen LogP contribution < -0.4 is 0 Å². The summed E-state index contributed by atoms with van der Waals surface area (Å²) in [5.74, 6) is 0.0149. The number of hydrogen-bond donors (Lipinski definition) is 1. The van der Waals surface area contributed by atoms with Crippen molar-refractivity contribution >= 4 is 17.3 Å². The Labute approximate surface area is 81.2 Å². The molecular weight excluding hydrogens is 184 g/mol. The first kappa shape index (κ1) is 8.75. The molecule has 1 aliphatic carbocycles. The Bertz CT molecular complexity index is 312. The van der Waals surface area contributed by atoms with E-state index in [1.54, 1.807) is 0 Å². The third-order valence-corrected chi connectivity index (χ3v) is 3.58. The molecule has 1 aromatic rings. The zero-order chi connectivity index (χ0) is 9.26. The maximum absolute atomic E-state index is 10.6. The summed E-state index contributed by atoms with van der Waals surface area (Å²) in [6.45, 7) is 0. The van der Waals surface area contributed by atoms with E-state index in [1.807, 2.05) is 11.4 Å². The van der Waals surface area contributed by atoms with Crippen LogP contribution in [0.1, 0.15) is 34.5 Å². The predicted molar refractivity (Wildman–Crippen MR) is 52.3 cm³/mol. The fourth-order valence-corrected chi connectivity index (χ4v) is 2.39. The normalized spacial score (nSPS) is 16.9. The highest BCUT2D eigenvalue weighted by Gasteiger charge is 2.18. The summed E-state index contributed by atoms with van der Waals surface area (Å²) in [5.41, 5.74) is 1.20. The molecular formula is C10H12O2S. The van der Waals surface area contributed by atoms with E-state index in [4.69, 9.17) is 5.11 Å². The molecule has 70 valence electrons. The van der Waals surface area contributed by atoms with Crippen LogP contribution in [-0.4, -0.2) is 11.1 Å². The zero-order valence-corrected chi connectivity index (χ0v) is 8.14. The zero-order valence-electron chi connectivity index (χ0n) is 7.32. The molecule has 1 fully saturated rings. The Hall–Kier alpha value is -0.830. The molecule has 1 saturated carbocycles. The average Bonchev–Trinajstić information content (AvgIpc) is 2.44. The minimum atomic E-state index is -0.801. The van der Waals surface area contributed by atoms with E-state index in [9.17, 15) is 4.79 Å². The molecule has 0 amide bonds. The summed E-state index contributed by atoms with van der Waals surface area (Å²) in [7, 11) is 0. The van der Waals surface area contributed by atoms with Crippen LogP contribution in [0.15, 0.2) is 11.4 Å². The largest absolute Gasteiger partial charge is 0.477 e. The molecule has 0 bridgehead atoms. The Morgan fingerprint density at radius 1 is 1.62 bits per heavy atom. The van der Waals surface area contributed by atoms with Gasteiger partial charge in [-0.2, -0.15) is 0 Å². The Balaban J connectivity index is 2.00. The second-order valence-corrected chi connectivity index (χ2v) is 4.54. The van der Waals surface area contributed by atoms with E-state index in [-0.39, 0.29) is 0 Å². The van der Waals surface area contributed by atoms with Gasteiger partial charge < -0.3 is 5.11 Å². The summed E-state index contributed by atoms with van der Waals surface area (Å²) in [4.78, 5) is 11.1. The van der Waals surface area contributed by atoms with Gasteiger partial charge in [0.2, 0.25) is 0 Å². The number of carboxylic acids is 1. The first-order valence-electron chi connectivity index (χ1n) is 4.56. The number of carbonyl (C=O) groups is 1. The molecule has 0 radical (unpaired) electrons. The number of hydrogen-bond acceptors (Lipinski definition) is 2. The van der Waals surface area contributed by atoms with Crippen molar-refractivity contribution in [2.24, 2.45) is 5.92 Å². The van der Waals surface area contributed by atoms with Gasteiger partial charge in [0.05, 0.1) is 0 Å². The molecule has 2 rings (SSSR count). The van der Waals surface area contributed by atoms with Gasteiger partial charge in [0.15, 0.2) is 0 Å². The van der Waals surface area contributed by atoms with Crippen molar-refractivity contribution in [1.82, 2.24) is 0 Å². The highest BCUT2D eigenvalue weighted by Crippen LogP contribution is 2.30. The highest BCUT2D eigenvalue weighted by molar-refractivity contribution is 7.12. The molecule has 1 heterocycles. The Morgan fingerprint density at radius 3 is 2.85 bits per heavy atom. The van der Waals surface area contributed by atoms with Gasteiger partial charge >= 0.3 is 5.97 Å². The van der Waals surface area contributed by atoms with Gasteiger partial charge in [-0.15, -0.1) is 11.3 Å². The van der Waals surface area contributed by atoms with Gasteiger partial charge in [-0.1, -0.05) is 19.3 Å². The number of thiophene rings is 1. The summed E-state index contributed by atoms with van der Waals surface area (Å²) in [5, 5.41) is 10.7. The van der Waals surface area contributed by atoms with E-state index in [0.29, 0.717) is 4.88 Å². The molecule has 13 heavy (non-hydrogen) atoms. The van der Waals surface area contributed by atoms with Gasteiger partial charge in [0.1, 0.15) is 4.88 Å². The van der Waals surface area contributed by atoms with Crippen LogP contribution >= 0.6 is 11.3 Å². The second-order valence-electron chi connectivity index (χ2n) is 3.63. The standard InChI is InChI=1S/C10H12O2S/c11-10(12)9-5-8(6-13-9)4-7-2-1-3-7/h5-7H,1-4H2,(H,11,12). The summed E-state index contributed by atoms with van der Waals surface area (Å²) in [6, 6.07) is 1.81. The van der Waals surface area contributed by atoms with Crippen LogP contribution in [0.2, 0.25) is 0 Å². The van der Waals surface area contributed by atoms with Crippen LogP contribution in [0, 0.1) is 5.92 Å². The molecule has 0 saturated heterocycles. The van der Waals surface area contributed by atoms with Gasteiger partial charge in [0, 0.05) is 0 Å². The molecule has 0 unspecified atom stereocenters. The van der Waals surface area contributed by atoms with Crippen molar-refractivity contribution in [3.05, 3.63) is 21.9 Å². The molecule has 3 heteroatoms. The Kier molecular flexibility index (Phi) is 2.36. The van der Waals surface area contributed by atoms with Crippen LogP contribution in [-0.2, 0) is 6.42 Å². The molecule has 1 N–H and O–H groups in total. The van der Waals surface area contributed by atoms with Crippen molar-refractivity contribution in [2.75, 3.05) is 0 Å². The van der Waals surface area contributed by atoms with Gasteiger partial charge in [0.25, 0.3) is 0 Å². The Morgan fingerprint density at radius 2 is 2.38 bits per heavy atom. The van der Waals surface area contributed by atoms with Crippen molar-refractivity contribution in [3.8, 4) is 0 Å². The number of rotatable bonds is 3. The van der Waals surface area contributed by atoms with E-state index >= 15 is 0 Å². The lowest BCUT2D eigenvalue weighted by Gasteiger charge is -2.24. The lowest BCUT2D eigenvalue weighted by atomic mass is 9.81. The number of carboxylic acid groups (broad SMARTS) is 1. The van der Waals surface area contributed by atoms with Crippen LogP contribution in [0.25, 0.3) is 0 Å². The van der Waals surface area contributed by atoms with Crippen LogP contribution in [0.4, 0.5) is 0 Å². The molecule has 0 atom stereocenters. The minimum absolute atomic E-state index is 0.467. The SMILES string of the molecule is O=C(O)c1cc(CC2CCC2)cs1. The van der Waals surface area contributed by atoms with E-state index in [1.165, 1.54) is 36.2 Å². The summed E-state index contributed by atoms with van der Waals surface area (Å²) >= 11 is 1.33. The van der Waals surface area contributed by atoms with Crippen molar-refractivity contribution in [2.45, 2.75) is 25.7 Å². The fourth-order valence-electron chi connectivity index (χ4n) is 1.63. The summed E-state index contributed by atoms with van der Waals surface area (Å²) < 4.78 is 0. The maximum atomic E-state index is 10.6. The third-order valence-electron chi connectivity index (χ3n) is 2.61. The smallest absolute Gasteiger partial charge is 0.345 e. The predicted octanol–water partition coefficient (Wildman–Crippen LogP) is 2.79. The molecule has 0 aliphatic heterocycles. The third kappa shape index (κ3) is 1.91. The molecule has 0 spiro atoms. The van der Waals surface area contributed by atoms with Crippen LogP contribution in [0.5, 0.6) is 0 Å². The van der Waals surface area contributed by atoms with E-state index in [2.05, 4.69) is 0 Å². The maximum Gasteiger partial charge on any atom is 0.345 e. The quantitative estimate of drug-likeness (QED) is 0.807. The van der Waals surface area contributed by atoms with Crippen molar-refractivity contribution in [3.63, 3.8) is 0 Å². The topological polar surface area (TPSA) is 37.3 Å². The van der Waals surface area contributed by atoms with Crippen LogP contribution in [0.3, 0.4) is 0 Å². The molecule has 1 aliphatic rings. The first-order chi connectivity index (χ1) is 6.25. The lowest BCUT2D eigenvalue weighted by Crippen LogP contribution is -2.13. The van der Waals surface area contributed by atoms with Gasteiger partial charge in [-0.3, -0.25) is 0 Å².